The number of rotatable bonds is 6. The highest BCUT2D eigenvalue weighted by Gasteiger charge is 2.23. The third kappa shape index (κ3) is 6.70. The van der Waals surface area contributed by atoms with E-state index >= 15 is 0 Å². The van der Waals surface area contributed by atoms with Gasteiger partial charge in [-0.1, -0.05) is 60.1 Å². The number of anilines is 2. The fraction of sp³-hybridized carbons (Fsp3) is 0.393. The van der Waals surface area contributed by atoms with Gasteiger partial charge in [0.15, 0.2) is 5.16 Å². The first-order valence-electron chi connectivity index (χ1n) is 12.8. The number of amides is 1. The summed E-state index contributed by atoms with van der Waals surface area (Å²) >= 11 is 14.0. The van der Waals surface area contributed by atoms with Crippen LogP contribution in [-0.4, -0.2) is 60.0 Å². The van der Waals surface area contributed by atoms with Crippen molar-refractivity contribution in [2.24, 2.45) is 5.92 Å². The van der Waals surface area contributed by atoms with E-state index in [0.717, 1.165) is 54.2 Å². The Balaban J connectivity index is 1.15. The largest absolute Gasteiger partial charge is 0.368 e. The molecule has 0 radical (unpaired) electrons. The fourth-order valence-corrected chi connectivity index (χ4v) is 5.99. The molecule has 1 amide bonds. The number of benzene rings is 2. The lowest BCUT2D eigenvalue weighted by atomic mass is 9.99. The standard InChI is InChI=1S/C28H31Cl2N5OS/c1-20-9-11-34(12-10-20)26-18-25(30)31-28(32-26)37-19-21-5-7-22(8-6-21)27(36)35-15-13-33(14-16-35)24-4-2-3-23(29)17-24/h2-8,17-18,20H,9-16,19H2,1H3. The molecule has 0 unspecified atom stereocenters. The first-order chi connectivity index (χ1) is 17.9. The maximum atomic E-state index is 13.1. The zero-order chi connectivity index (χ0) is 25.8. The Morgan fingerprint density at radius 2 is 1.65 bits per heavy atom. The van der Waals surface area contributed by atoms with E-state index in [-0.39, 0.29) is 5.91 Å². The molecule has 194 valence electrons. The second-order valence-electron chi connectivity index (χ2n) is 9.75. The number of piperidine rings is 1. The van der Waals surface area contributed by atoms with Crippen LogP contribution in [0.25, 0.3) is 0 Å². The number of halogens is 2. The van der Waals surface area contributed by atoms with Crippen molar-refractivity contribution >= 4 is 52.4 Å². The minimum Gasteiger partial charge on any atom is -0.368 e. The van der Waals surface area contributed by atoms with Crippen LogP contribution >= 0.6 is 35.0 Å². The maximum Gasteiger partial charge on any atom is 0.253 e. The van der Waals surface area contributed by atoms with E-state index in [1.807, 2.05) is 53.4 Å². The first kappa shape index (κ1) is 26.1. The summed E-state index contributed by atoms with van der Waals surface area (Å²) in [5.41, 5.74) is 2.93. The van der Waals surface area contributed by atoms with Gasteiger partial charge in [-0.25, -0.2) is 9.97 Å². The van der Waals surface area contributed by atoms with Crippen molar-refractivity contribution in [2.75, 3.05) is 49.1 Å². The molecule has 2 aromatic carbocycles. The SMILES string of the molecule is CC1CCN(c2cc(Cl)nc(SCc3ccc(C(=O)N4CCN(c5cccc(Cl)c5)CC4)cc3)n2)CC1. The molecular formula is C28H31Cl2N5OS. The van der Waals surface area contributed by atoms with Crippen LogP contribution in [0.15, 0.2) is 59.8 Å². The van der Waals surface area contributed by atoms with Crippen LogP contribution in [-0.2, 0) is 5.75 Å². The van der Waals surface area contributed by atoms with E-state index in [9.17, 15) is 4.79 Å². The van der Waals surface area contributed by atoms with Gasteiger partial charge in [0.25, 0.3) is 5.91 Å². The molecule has 0 atom stereocenters. The van der Waals surface area contributed by atoms with Crippen molar-refractivity contribution in [1.82, 2.24) is 14.9 Å². The molecule has 3 heterocycles. The van der Waals surface area contributed by atoms with Crippen molar-refractivity contribution < 1.29 is 4.79 Å². The summed E-state index contributed by atoms with van der Waals surface area (Å²) in [5, 5.41) is 1.88. The monoisotopic (exact) mass is 555 g/mol. The Hall–Kier alpha value is -2.48. The Bertz CT molecular complexity index is 1230. The summed E-state index contributed by atoms with van der Waals surface area (Å²) in [7, 11) is 0. The van der Waals surface area contributed by atoms with Gasteiger partial charge in [0.1, 0.15) is 11.0 Å². The molecule has 37 heavy (non-hydrogen) atoms. The van der Waals surface area contributed by atoms with Gasteiger partial charge in [-0.3, -0.25) is 4.79 Å². The third-order valence-corrected chi connectivity index (χ3v) is 8.42. The minimum atomic E-state index is 0.0728. The number of piperazine rings is 1. The number of thioether (sulfide) groups is 1. The van der Waals surface area contributed by atoms with Gasteiger partial charge in [0.2, 0.25) is 0 Å². The van der Waals surface area contributed by atoms with Crippen molar-refractivity contribution in [3.05, 3.63) is 75.9 Å². The second-order valence-corrected chi connectivity index (χ2v) is 11.5. The smallest absolute Gasteiger partial charge is 0.253 e. The molecule has 0 spiro atoms. The molecule has 0 aliphatic carbocycles. The molecule has 1 aromatic heterocycles. The maximum absolute atomic E-state index is 13.1. The van der Waals surface area contributed by atoms with Crippen molar-refractivity contribution in [1.29, 1.82) is 0 Å². The molecule has 0 bridgehead atoms. The number of carbonyl (C=O) groups excluding carboxylic acids is 1. The lowest BCUT2D eigenvalue weighted by Gasteiger charge is -2.36. The van der Waals surface area contributed by atoms with Crippen LogP contribution in [0.4, 0.5) is 11.5 Å². The zero-order valence-corrected chi connectivity index (χ0v) is 23.3. The summed E-state index contributed by atoms with van der Waals surface area (Å²) in [6.07, 6.45) is 2.35. The van der Waals surface area contributed by atoms with Crippen LogP contribution in [0.1, 0.15) is 35.7 Å². The zero-order valence-electron chi connectivity index (χ0n) is 20.9. The van der Waals surface area contributed by atoms with Crippen LogP contribution in [0.3, 0.4) is 0 Å². The topological polar surface area (TPSA) is 52.6 Å². The highest BCUT2D eigenvalue weighted by atomic mass is 35.5. The first-order valence-corrected chi connectivity index (χ1v) is 14.5. The van der Waals surface area contributed by atoms with Crippen LogP contribution in [0.5, 0.6) is 0 Å². The predicted octanol–water partition coefficient (Wildman–Crippen LogP) is 6.27. The summed E-state index contributed by atoms with van der Waals surface area (Å²) in [5.74, 6) is 2.45. The van der Waals surface area contributed by atoms with Crippen LogP contribution in [0.2, 0.25) is 10.2 Å². The van der Waals surface area contributed by atoms with E-state index in [2.05, 4.69) is 27.8 Å². The second kappa shape index (κ2) is 11.9. The Kier molecular flexibility index (Phi) is 8.43. The van der Waals surface area contributed by atoms with Crippen LogP contribution in [0, 0.1) is 5.92 Å². The fourth-order valence-electron chi connectivity index (χ4n) is 4.76. The molecule has 5 rings (SSSR count). The van der Waals surface area contributed by atoms with E-state index in [0.29, 0.717) is 34.7 Å². The van der Waals surface area contributed by atoms with Crippen molar-refractivity contribution in [2.45, 2.75) is 30.7 Å². The van der Waals surface area contributed by atoms with Gasteiger partial charge in [0.05, 0.1) is 0 Å². The van der Waals surface area contributed by atoms with Gasteiger partial charge < -0.3 is 14.7 Å². The van der Waals surface area contributed by atoms with Crippen molar-refractivity contribution in [3.8, 4) is 0 Å². The Morgan fingerprint density at radius 1 is 0.919 bits per heavy atom. The van der Waals surface area contributed by atoms with Gasteiger partial charge in [-0.2, -0.15) is 0 Å². The predicted molar refractivity (Wildman–Crippen MR) is 153 cm³/mol. The molecular weight excluding hydrogens is 525 g/mol. The lowest BCUT2D eigenvalue weighted by Crippen LogP contribution is -2.48. The molecule has 9 heteroatoms. The number of hydrogen-bond donors (Lipinski definition) is 0. The van der Waals surface area contributed by atoms with E-state index in [1.54, 1.807) is 11.8 Å². The lowest BCUT2D eigenvalue weighted by molar-refractivity contribution is 0.0747. The van der Waals surface area contributed by atoms with E-state index in [4.69, 9.17) is 28.2 Å². The van der Waals surface area contributed by atoms with Crippen LogP contribution < -0.4 is 9.80 Å². The molecule has 0 saturated carbocycles. The number of carbonyl (C=O) groups is 1. The number of hydrogen-bond acceptors (Lipinski definition) is 6. The summed E-state index contributed by atoms with van der Waals surface area (Å²) in [4.78, 5) is 28.7. The Morgan fingerprint density at radius 3 is 2.35 bits per heavy atom. The molecule has 3 aromatic rings. The van der Waals surface area contributed by atoms with E-state index in [1.165, 1.54) is 12.8 Å². The average molecular weight is 557 g/mol. The molecule has 2 fully saturated rings. The summed E-state index contributed by atoms with van der Waals surface area (Å²) < 4.78 is 0. The number of nitrogens with zero attached hydrogens (tertiary/aromatic N) is 5. The normalized spacial score (nSPS) is 16.8. The molecule has 6 nitrogen and oxygen atoms in total. The van der Waals surface area contributed by atoms with Gasteiger partial charge in [-0.05, 0) is 54.7 Å². The minimum absolute atomic E-state index is 0.0728. The van der Waals surface area contributed by atoms with Crippen molar-refractivity contribution in [3.63, 3.8) is 0 Å². The van der Waals surface area contributed by atoms with E-state index < -0.39 is 0 Å². The molecule has 2 saturated heterocycles. The quantitative estimate of drug-likeness (QED) is 0.203. The van der Waals surface area contributed by atoms with Gasteiger partial charge in [0, 0.05) is 67.4 Å². The highest BCUT2D eigenvalue weighted by molar-refractivity contribution is 7.98. The Labute approximate surface area is 233 Å². The molecule has 2 aliphatic rings. The summed E-state index contributed by atoms with van der Waals surface area (Å²) in [6, 6.07) is 17.6. The molecule has 0 N–H and O–H groups in total. The molecule has 2 aliphatic heterocycles. The number of aromatic nitrogens is 2. The third-order valence-electron chi connectivity index (χ3n) is 7.08. The van der Waals surface area contributed by atoms with Gasteiger partial charge in [-0.15, -0.1) is 0 Å². The van der Waals surface area contributed by atoms with Gasteiger partial charge >= 0.3 is 0 Å². The summed E-state index contributed by atoms with van der Waals surface area (Å²) in [6.45, 7) is 7.26. The average Bonchev–Trinajstić information content (AvgIpc) is 2.92. The highest BCUT2D eigenvalue weighted by Crippen LogP contribution is 2.28.